The Labute approximate surface area is 136 Å². The Kier molecular flexibility index (Phi) is 6.70. The number of nitriles is 1. The van der Waals surface area contributed by atoms with E-state index >= 15 is 0 Å². The Balaban J connectivity index is 1.96. The first-order valence-corrected chi connectivity index (χ1v) is 7.98. The van der Waals surface area contributed by atoms with Gasteiger partial charge in [0.15, 0.2) is 5.88 Å². The van der Waals surface area contributed by atoms with Gasteiger partial charge in [-0.05, 0) is 31.7 Å². The minimum absolute atomic E-state index is 0.0435. The summed E-state index contributed by atoms with van der Waals surface area (Å²) in [4.78, 5) is 14.1. The largest absolute Gasteiger partial charge is 0.441 e. The van der Waals surface area contributed by atoms with Gasteiger partial charge in [-0.2, -0.15) is 5.26 Å². The maximum absolute atomic E-state index is 12.0. The molecule has 1 aromatic rings. The number of carbonyl (C=O) groups is 1. The highest BCUT2D eigenvalue weighted by atomic mass is 16.5. The highest BCUT2D eigenvalue weighted by Gasteiger charge is 2.15. The van der Waals surface area contributed by atoms with E-state index in [1.807, 2.05) is 12.1 Å². The number of piperidine rings is 1. The fraction of sp³-hybridized carbons (Fsp3) is 0.529. The van der Waals surface area contributed by atoms with Gasteiger partial charge in [0.2, 0.25) is 0 Å². The first kappa shape index (κ1) is 17.1. The lowest BCUT2D eigenvalue weighted by atomic mass is 10.1. The summed E-state index contributed by atoms with van der Waals surface area (Å²) >= 11 is 0. The summed E-state index contributed by atoms with van der Waals surface area (Å²) in [5.41, 5.74) is 0.0435. The Bertz CT molecular complexity index is 580. The van der Waals surface area contributed by atoms with Crippen molar-refractivity contribution < 1.29 is 13.9 Å². The zero-order valence-corrected chi connectivity index (χ0v) is 13.5. The highest BCUT2D eigenvalue weighted by molar-refractivity contribution is 6.01. The van der Waals surface area contributed by atoms with Crippen LogP contribution in [0.25, 0.3) is 6.08 Å². The van der Waals surface area contributed by atoms with Crippen molar-refractivity contribution in [1.82, 2.24) is 5.32 Å². The van der Waals surface area contributed by atoms with Crippen LogP contribution >= 0.6 is 0 Å². The molecule has 2 heterocycles. The zero-order chi connectivity index (χ0) is 16.5. The Morgan fingerprint density at radius 3 is 2.91 bits per heavy atom. The first-order chi connectivity index (χ1) is 11.2. The lowest BCUT2D eigenvalue weighted by Crippen LogP contribution is -2.28. The molecule has 0 bridgehead atoms. The quantitative estimate of drug-likeness (QED) is 0.474. The zero-order valence-electron chi connectivity index (χ0n) is 13.5. The maximum Gasteiger partial charge on any atom is 0.262 e. The SMILES string of the molecule is COCCCNC(=O)/C(C#N)=C\c1ccc(N2CCCCC2)o1. The average molecular weight is 317 g/mol. The third kappa shape index (κ3) is 5.15. The average Bonchev–Trinajstić information content (AvgIpc) is 3.06. The molecule has 0 unspecified atom stereocenters. The van der Waals surface area contributed by atoms with Crippen LogP contribution in [0.4, 0.5) is 5.88 Å². The predicted molar refractivity (Wildman–Crippen MR) is 87.9 cm³/mol. The molecule has 0 atom stereocenters. The molecule has 1 amide bonds. The van der Waals surface area contributed by atoms with E-state index in [2.05, 4.69) is 10.2 Å². The molecule has 1 aliphatic rings. The minimum Gasteiger partial charge on any atom is -0.441 e. The standard InChI is InChI=1S/C17H23N3O3/c1-22-11-5-8-19-17(21)14(13-18)12-15-6-7-16(23-15)20-9-3-2-4-10-20/h6-7,12H,2-5,8-11H2,1H3,(H,19,21)/b14-12-. The second-order valence-electron chi connectivity index (χ2n) is 5.50. The number of hydrogen-bond donors (Lipinski definition) is 1. The molecule has 1 aliphatic heterocycles. The minimum atomic E-state index is -0.389. The van der Waals surface area contributed by atoms with Crippen molar-refractivity contribution in [2.45, 2.75) is 25.7 Å². The van der Waals surface area contributed by atoms with Crippen molar-refractivity contribution >= 4 is 17.9 Å². The van der Waals surface area contributed by atoms with Gasteiger partial charge < -0.3 is 19.4 Å². The number of nitrogens with zero attached hydrogens (tertiary/aromatic N) is 2. The Morgan fingerprint density at radius 2 is 2.22 bits per heavy atom. The van der Waals surface area contributed by atoms with Gasteiger partial charge in [0.05, 0.1) is 0 Å². The van der Waals surface area contributed by atoms with Crippen LogP contribution in [0, 0.1) is 11.3 Å². The van der Waals surface area contributed by atoms with E-state index in [1.165, 1.54) is 25.3 Å². The molecule has 0 aromatic carbocycles. The molecule has 2 rings (SSSR count). The van der Waals surface area contributed by atoms with Gasteiger partial charge in [-0.1, -0.05) is 0 Å². The van der Waals surface area contributed by atoms with Gasteiger partial charge in [0.25, 0.3) is 5.91 Å². The lowest BCUT2D eigenvalue weighted by molar-refractivity contribution is -0.117. The number of ether oxygens (including phenoxy) is 1. The van der Waals surface area contributed by atoms with Gasteiger partial charge in [0, 0.05) is 45.5 Å². The smallest absolute Gasteiger partial charge is 0.262 e. The van der Waals surface area contributed by atoms with Crippen molar-refractivity contribution in [1.29, 1.82) is 5.26 Å². The van der Waals surface area contributed by atoms with Crippen molar-refractivity contribution in [3.63, 3.8) is 0 Å². The van der Waals surface area contributed by atoms with E-state index in [1.54, 1.807) is 13.2 Å². The molecule has 1 saturated heterocycles. The molecule has 0 saturated carbocycles. The normalized spacial score (nSPS) is 15.3. The third-order valence-corrected chi connectivity index (χ3v) is 3.74. The predicted octanol–water partition coefficient (Wildman–Crippen LogP) is 2.33. The summed E-state index contributed by atoms with van der Waals surface area (Å²) in [5.74, 6) is 0.933. The number of furan rings is 1. The van der Waals surface area contributed by atoms with E-state index in [0.717, 1.165) is 19.0 Å². The van der Waals surface area contributed by atoms with Crippen LogP contribution in [0.3, 0.4) is 0 Å². The van der Waals surface area contributed by atoms with E-state index in [9.17, 15) is 4.79 Å². The van der Waals surface area contributed by atoms with Gasteiger partial charge in [0.1, 0.15) is 17.4 Å². The number of nitrogens with one attached hydrogen (secondary N) is 1. The monoisotopic (exact) mass is 317 g/mol. The molecule has 6 heteroatoms. The van der Waals surface area contributed by atoms with Crippen molar-refractivity contribution in [2.75, 3.05) is 38.3 Å². The topological polar surface area (TPSA) is 78.5 Å². The van der Waals surface area contributed by atoms with Crippen LogP contribution in [-0.2, 0) is 9.53 Å². The Morgan fingerprint density at radius 1 is 1.43 bits per heavy atom. The van der Waals surface area contributed by atoms with Crippen molar-refractivity contribution in [3.8, 4) is 6.07 Å². The van der Waals surface area contributed by atoms with E-state index in [-0.39, 0.29) is 11.5 Å². The van der Waals surface area contributed by atoms with Gasteiger partial charge in [-0.3, -0.25) is 4.79 Å². The molecule has 0 aliphatic carbocycles. The number of amides is 1. The lowest BCUT2D eigenvalue weighted by Gasteiger charge is -2.25. The molecule has 0 radical (unpaired) electrons. The molecule has 1 N–H and O–H groups in total. The van der Waals surface area contributed by atoms with Crippen molar-refractivity contribution in [3.05, 3.63) is 23.5 Å². The summed E-state index contributed by atoms with van der Waals surface area (Å²) in [7, 11) is 1.61. The second kappa shape index (κ2) is 9.01. The number of rotatable bonds is 7. The van der Waals surface area contributed by atoms with Gasteiger partial charge >= 0.3 is 0 Å². The van der Waals surface area contributed by atoms with Crippen LogP contribution in [0.5, 0.6) is 0 Å². The van der Waals surface area contributed by atoms with Crippen LogP contribution in [0.1, 0.15) is 31.4 Å². The molecule has 23 heavy (non-hydrogen) atoms. The summed E-state index contributed by atoms with van der Waals surface area (Å²) in [6.07, 6.45) is 5.78. The molecule has 6 nitrogen and oxygen atoms in total. The molecular formula is C17H23N3O3. The van der Waals surface area contributed by atoms with Gasteiger partial charge in [-0.15, -0.1) is 0 Å². The Hall–Kier alpha value is -2.26. The van der Waals surface area contributed by atoms with Crippen LogP contribution in [-0.4, -0.2) is 39.3 Å². The van der Waals surface area contributed by atoms with E-state index in [4.69, 9.17) is 14.4 Å². The second-order valence-corrected chi connectivity index (χ2v) is 5.50. The van der Waals surface area contributed by atoms with Gasteiger partial charge in [-0.25, -0.2) is 0 Å². The summed E-state index contributed by atoms with van der Waals surface area (Å²) in [6.45, 7) is 3.02. The number of methoxy groups -OCH3 is 1. The van der Waals surface area contributed by atoms with E-state index < -0.39 is 0 Å². The molecule has 1 fully saturated rings. The fourth-order valence-electron chi connectivity index (χ4n) is 2.51. The van der Waals surface area contributed by atoms with Crippen LogP contribution in [0.15, 0.2) is 22.1 Å². The fourth-order valence-corrected chi connectivity index (χ4v) is 2.51. The maximum atomic E-state index is 12.0. The third-order valence-electron chi connectivity index (χ3n) is 3.74. The summed E-state index contributed by atoms with van der Waals surface area (Å²) in [5, 5.41) is 11.9. The molecule has 124 valence electrons. The van der Waals surface area contributed by atoms with Crippen LogP contribution in [0.2, 0.25) is 0 Å². The van der Waals surface area contributed by atoms with Crippen molar-refractivity contribution in [2.24, 2.45) is 0 Å². The highest BCUT2D eigenvalue weighted by Crippen LogP contribution is 2.23. The van der Waals surface area contributed by atoms with Crippen LogP contribution < -0.4 is 10.2 Å². The molecule has 0 spiro atoms. The first-order valence-electron chi connectivity index (χ1n) is 7.98. The molecular weight excluding hydrogens is 294 g/mol. The number of hydrogen-bond acceptors (Lipinski definition) is 5. The summed E-state index contributed by atoms with van der Waals surface area (Å²) in [6, 6.07) is 5.61. The number of anilines is 1. The summed E-state index contributed by atoms with van der Waals surface area (Å²) < 4.78 is 10.7. The number of carbonyl (C=O) groups excluding carboxylic acids is 1. The molecule has 1 aromatic heterocycles. The van der Waals surface area contributed by atoms with E-state index in [0.29, 0.717) is 25.3 Å².